The fraction of sp³-hybridized carbons (Fsp3) is 0.143. The van der Waals surface area contributed by atoms with E-state index in [1.54, 1.807) is 12.3 Å². The van der Waals surface area contributed by atoms with Crippen molar-refractivity contribution in [2.45, 2.75) is 6.42 Å². The van der Waals surface area contributed by atoms with Gasteiger partial charge in [-0.25, -0.2) is 4.98 Å². The summed E-state index contributed by atoms with van der Waals surface area (Å²) in [4.78, 5) is 6.68. The minimum absolute atomic E-state index is 0.412. The Morgan fingerprint density at radius 1 is 1.82 bits per heavy atom. The van der Waals surface area contributed by atoms with E-state index in [4.69, 9.17) is 18.0 Å². The average Bonchev–Trinajstić information content (AvgIpc) is 1.95. The van der Waals surface area contributed by atoms with E-state index < -0.39 is 0 Å². The molecular formula is C7H9N3S. The molecule has 0 atom stereocenters. The van der Waals surface area contributed by atoms with Gasteiger partial charge in [0.1, 0.15) is 5.82 Å². The van der Waals surface area contributed by atoms with Crippen LogP contribution in [0.5, 0.6) is 0 Å². The maximum atomic E-state index is 5.56. The Hall–Kier alpha value is -1.16. The lowest BCUT2D eigenvalue weighted by atomic mass is 10.2. The lowest BCUT2D eigenvalue weighted by Gasteiger charge is -1.98. The van der Waals surface area contributed by atoms with Crippen LogP contribution in [0.25, 0.3) is 0 Å². The van der Waals surface area contributed by atoms with Crippen molar-refractivity contribution in [3.05, 3.63) is 29.2 Å². The highest BCUT2D eigenvalue weighted by Gasteiger charge is 1.95. The largest absolute Gasteiger partial charge is 0.383 e. The quantitative estimate of drug-likeness (QED) is 0.517. The summed E-state index contributed by atoms with van der Waals surface area (Å²) >= 11 is 4.77. The van der Waals surface area contributed by atoms with E-state index in [1.165, 1.54) is 0 Å². The Labute approximate surface area is 70.0 Å². The van der Waals surface area contributed by atoms with E-state index in [0.717, 1.165) is 5.56 Å². The lowest BCUT2D eigenvalue weighted by Crippen LogP contribution is -1.98. The summed E-state index contributed by atoms with van der Waals surface area (Å²) in [5.41, 5.74) is 6.49. The molecule has 0 aliphatic heterocycles. The van der Waals surface area contributed by atoms with Crippen LogP contribution in [0.15, 0.2) is 18.9 Å². The number of anilines is 1. The van der Waals surface area contributed by atoms with Crippen molar-refractivity contribution in [3.63, 3.8) is 0 Å². The maximum Gasteiger partial charge on any atom is 0.198 e. The summed E-state index contributed by atoms with van der Waals surface area (Å²) in [6, 6.07) is 0. The van der Waals surface area contributed by atoms with Crippen molar-refractivity contribution in [1.82, 2.24) is 9.97 Å². The molecule has 4 heteroatoms. The van der Waals surface area contributed by atoms with Gasteiger partial charge in [0.25, 0.3) is 0 Å². The summed E-state index contributed by atoms with van der Waals surface area (Å²) in [5, 5.41) is 0. The molecule has 1 heterocycles. The van der Waals surface area contributed by atoms with Gasteiger partial charge in [-0.05, 0) is 18.6 Å². The van der Waals surface area contributed by atoms with Crippen molar-refractivity contribution < 1.29 is 0 Å². The number of nitrogen functional groups attached to an aromatic ring is 1. The molecule has 0 unspecified atom stereocenters. The zero-order valence-corrected chi connectivity index (χ0v) is 6.82. The van der Waals surface area contributed by atoms with Crippen molar-refractivity contribution >= 4 is 18.0 Å². The second kappa shape index (κ2) is 3.30. The molecule has 3 nitrogen and oxygen atoms in total. The van der Waals surface area contributed by atoms with Gasteiger partial charge < -0.3 is 10.7 Å². The molecule has 0 aromatic carbocycles. The molecule has 0 saturated carbocycles. The van der Waals surface area contributed by atoms with Gasteiger partial charge in [-0.15, -0.1) is 6.58 Å². The van der Waals surface area contributed by atoms with E-state index in [9.17, 15) is 0 Å². The number of hydrogen-bond donors (Lipinski definition) is 2. The van der Waals surface area contributed by atoms with Gasteiger partial charge >= 0.3 is 0 Å². The van der Waals surface area contributed by atoms with Gasteiger partial charge in [0, 0.05) is 11.8 Å². The third-order valence-corrected chi connectivity index (χ3v) is 1.49. The van der Waals surface area contributed by atoms with Crippen LogP contribution in [0.1, 0.15) is 5.56 Å². The Kier molecular flexibility index (Phi) is 2.38. The summed E-state index contributed by atoms with van der Waals surface area (Å²) in [5.74, 6) is 0.480. The van der Waals surface area contributed by atoms with Crippen molar-refractivity contribution in [3.8, 4) is 0 Å². The summed E-state index contributed by atoms with van der Waals surface area (Å²) in [6.45, 7) is 3.60. The summed E-state index contributed by atoms with van der Waals surface area (Å²) < 4.78 is 0.412. The van der Waals surface area contributed by atoms with Crippen LogP contribution >= 0.6 is 12.2 Å². The molecule has 1 rings (SSSR count). The van der Waals surface area contributed by atoms with E-state index >= 15 is 0 Å². The molecule has 0 saturated heterocycles. The third kappa shape index (κ3) is 1.88. The number of nitrogens with zero attached hydrogens (tertiary/aromatic N) is 1. The molecule has 0 amide bonds. The fourth-order valence-electron chi connectivity index (χ4n) is 0.755. The molecule has 0 spiro atoms. The molecule has 11 heavy (non-hydrogen) atoms. The van der Waals surface area contributed by atoms with Crippen LogP contribution in [0.3, 0.4) is 0 Å². The Morgan fingerprint density at radius 2 is 2.55 bits per heavy atom. The molecule has 0 aliphatic carbocycles. The molecule has 0 radical (unpaired) electrons. The normalized spacial score (nSPS) is 9.45. The number of allylic oxidation sites excluding steroid dienone is 1. The second-order valence-corrected chi connectivity index (χ2v) is 2.50. The minimum Gasteiger partial charge on any atom is -0.383 e. The third-order valence-electron chi connectivity index (χ3n) is 1.29. The summed E-state index contributed by atoms with van der Waals surface area (Å²) in [6.07, 6.45) is 4.24. The SMILES string of the molecule is C=CCc1c[nH]c(=S)nc1N. The zero-order chi connectivity index (χ0) is 8.27. The highest BCUT2D eigenvalue weighted by Crippen LogP contribution is 2.06. The first-order valence-corrected chi connectivity index (χ1v) is 3.60. The van der Waals surface area contributed by atoms with Gasteiger partial charge in [-0.3, -0.25) is 0 Å². The molecule has 3 N–H and O–H groups in total. The molecule has 0 aliphatic rings. The topological polar surface area (TPSA) is 54.7 Å². The molecule has 58 valence electrons. The lowest BCUT2D eigenvalue weighted by molar-refractivity contribution is 1.08. The first-order chi connectivity index (χ1) is 5.24. The van der Waals surface area contributed by atoms with E-state index in [-0.39, 0.29) is 0 Å². The number of rotatable bonds is 2. The fourth-order valence-corrected chi connectivity index (χ4v) is 0.913. The second-order valence-electron chi connectivity index (χ2n) is 2.11. The maximum absolute atomic E-state index is 5.56. The van der Waals surface area contributed by atoms with Gasteiger partial charge in [0.15, 0.2) is 4.77 Å². The van der Waals surface area contributed by atoms with Crippen LogP contribution in [0.4, 0.5) is 5.82 Å². The number of aromatic amines is 1. The Morgan fingerprint density at radius 3 is 3.09 bits per heavy atom. The average molecular weight is 167 g/mol. The van der Waals surface area contributed by atoms with E-state index in [2.05, 4.69) is 16.5 Å². The smallest absolute Gasteiger partial charge is 0.198 e. The van der Waals surface area contributed by atoms with Crippen LogP contribution in [-0.2, 0) is 6.42 Å². The van der Waals surface area contributed by atoms with Crippen LogP contribution < -0.4 is 5.73 Å². The van der Waals surface area contributed by atoms with Gasteiger partial charge in [0.05, 0.1) is 0 Å². The Balaban J connectivity index is 3.08. The number of aromatic nitrogens is 2. The van der Waals surface area contributed by atoms with Gasteiger partial charge in [-0.1, -0.05) is 6.08 Å². The first kappa shape index (κ1) is 7.94. The number of H-pyrrole nitrogens is 1. The zero-order valence-electron chi connectivity index (χ0n) is 6.00. The van der Waals surface area contributed by atoms with Crippen molar-refractivity contribution in [2.75, 3.05) is 5.73 Å². The number of nitrogens with two attached hydrogens (primary N) is 1. The molecule has 0 fully saturated rings. The monoisotopic (exact) mass is 167 g/mol. The van der Waals surface area contributed by atoms with Crippen molar-refractivity contribution in [1.29, 1.82) is 0 Å². The highest BCUT2D eigenvalue weighted by atomic mass is 32.1. The standard InChI is InChI=1S/C7H9N3S/c1-2-3-5-4-9-7(11)10-6(5)8/h2,4H,1,3H2,(H3,8,9,10,11). The number of nitrogens with one attached hydrogen (secondary N) is 1. The predicted octanol–water partition coefficient (Wildman–Crippen LogP) is 1.45. The number of hydrogen-bond acceptors (Lipinski definition) is 3. The van der Waals surface area contributed by atoms with Crippen molar-refractivity contribution in [2.24, 2.45) is 0 Å². The minimum atomic E-state index is 0.412. The van der Waals surface area contributed by atoms with Gasteiger partial charge in [-0.2, -0.15) is 0 Å². The molecular weight excluding hydrogens is 158 g/mol. The highest BCUT2D eigenvalue weighted by molar-refractivity contribution is 7.71. The molecule has 1 aromatic rings. The van der Waals surface area contributed by atoms with Crippen LogP contribution in [-0.4, -0.2) is 9.97 Å². The Bertz CT molecular complexity index is 316. The van der Waals surface area contributed by atoms with E-state index in [1.807, 2.05) is 0 Å². The molecule has 0 bridgehead atoms. The predicted molar refractivity (Wildman–Crippen MR) is 47.7 cm³/mol. The van der Waals surface area contributed by atoms with Gasteiger partial charge in [0.2, 0.25) is 0 Å². The summed E-state index contributed by atoms with van der Waals surface area (Å²) in [7, 11) is 0. The van der Waals surface area contributed by atoms with Crippen LogP contribution in [0.2, 0.25) is 0 Å². The molecule has 1 aromatic heterocycles. The first-order valence-electron chi connectivity index (χ1n) is 3.19. The van der Waals surface area contributed by atoms with Crippen LogP contribution in [0, 0.1) is 4.77 Å². The van der Waals surface area contributed by atoms with E-state index in [0.29, 0.717) is 17.0 Å².